The molecule has 178 valence electrons. The third-order valence-corrected chi connectivity index (χ3v) is 7.42. The summed E-state index contributed by atoms with van der Waals surface area (Å²) in [5.74, 6) is -0.824. The molecule has 2 aromatic carbocycles. The van der Waals surface area contributed by atoms with Crippen LogP contribution in [0.25, 0.3) is 0 Å². The summed E-state index contributed by atoms with van der Waals surface area (Å²) in [6.45, 7) is 4.47. The quantitative estimate of drug-likeness (QED) is 0.382. The Balaban J connectivity index is 0.00000306. The van der Waals surface area contributed by atoms with Crippen LogP contribution in [-0.4, -0.2) is 39.1 Å². The van der Waals surface area contributed by atoms with Crippen LogP contribution in [0.1, 0.15) is 6.92 Å². The Morgan fingerprint density at radius 2 is 2.03 bits per heavy atom. The van der Waals surface area contributed by atoms with Crippen molar-refractivity contribution >= 4 is 79.8 Å². The van der Waals surface area contributed by atoms with Crippen LogP contribution in [0, 0.1) is 5.82 Å². The molecule has 1 aliphatic heterocycles. The van der Waals surface area contributed by atoms with Gasteiger partial charge in [0.25, 0.3) is 10.0 Å². The predicted octanol–water partition coefficient (Wildman–Crippen LogP) is 5.35. The Hall–Kier alpha value is -1.82. The second-order valence-electron chi connectivity index (χ2n) is 7.33. The Bertz CT molecular complexity index is 1230. The van der Waals surface area contributed by atoms with Gasteiger partial charge in [0.2, 0.25) is 0 Å². The van der Waals surface area contributed by atoms with Crippen LogP contribution in [0.3, 0.4) is 0 Å². The van der Waals surface area contributed by atoms with Gasteiger partial charge in [-0.3, -0.25) is 4.72 Å². The molecule has 0 amide bonds. The predicted molar refractivity (Wildman–Crippen MR) is 136 cm³/mol. The molecular formula is C20H21Cl3FN5O2S2. The molecule has 1 fully saturated rings. The number of nitrogens with zero attached hydrogens (tertiary/aromatic N) is 2. The molecule has 0 unspecified atom stereocenters. The summed E-state index contributed by atoms with van der Waals surface area (Å²) in [5, 5.41) is 8.65. The van der Waals surface area contributed by atoms with Crippen molar-refractivity contribution in [3.05, 3.63) is 57.1 Å². The molecule has 7 nitrogen and oxygen atoms in total. The van der Waals surface area contributed by atoms with Gasteiger partial charge in [-0.2, -0.15) is 0 Å². The zero-order valence-electron chi connectivity index (χ0n) is 17.3. The average molecular weight is 553 g/mol. The molecule has 0 bridgehead atoms. The molecule has 13 heteroatoms. The van der Waals surface area contributed by atoms with Crippen LogP contribution in [-0.2, 0) is 10.0 Å². The summed E-state index contributed by atoms with van der Waals surface area (Å²) in [4.78, 5) is 5.47. The molecule has 0 spiro atoms. The van der Waals surface area contributed by atoms with E-state index in [1.807, 2.05) is 6.07 Å². The lowest BCUT2D eigenvalue weighted by Crippen LogP contribution is -2.49. The van der Waals surface area contributed by atoms with Crippen molar-refractivity contribution in [2.24, 2.45) is 0 Å². The molecule has 1 aliphatic rings. The van der Waals surface area contributed by atoms with Crippen LogP contribution in [0.2, 0.25) is 10.0 Å². The van der Waals surface area contributed by atoms with E-state index in [9.17, 15) is 12.8 Å². The first-order valence-electron chi connectivity index (χ1n) is 9.68. The van der Waals surface area contributed by atoms with Crippen molar-refractivity contribution < 1.29 is 12.8 Å². The molecule has 33 heavy (non-hydrogen) atoms. The lowest BCUT2D eigenvalue weighted by molar-refractivity contribution is 0.485. The first-order valence-corrected chi connectivity index (χ1v) is 12.9. The van der Waals surface area contributed by atoms with Gasteiger partial charge in [-0.1, -0.05) is 23.2 Å². The smallest absolute Gasteiger partial charge is 0.266 e. The number of aromatic nitrogens is 1. The van der Waals surface area contributed by atoms with Gasteiger partial charge >= 0.3 is 0 Å². The zero-order chi connectivity index (χ0) is 22.9. The molecular weight excluding hydrogens is 532 g/mol. The number of halogens is 4. The molecule has 0 saturated carbocycles. The molecule has 4 rings (SSSR count). The Morgan fingerprint density at radius 3 is 2.73 bits per heavy atom. The van der Waals surface area contributed by atoms with Gasteiger partial charge in [-0.25, -0.2) is 17.8 Å². The minimum Gasteiger partial charge on any atom is -0.367 e. The topological polar surface area (TPSA) is 86.4 Å². The number of rotatable bonds is 6. The number of thiazole rings is 1. The van der Waals surface area contributed by atoms with Crippen molar-refractivity contribution in [1.82, 2.24) is 10.3 Å². The van der Waals surface area contributed by atoms with E-state index in [1.165, 1.54) is 22.2 Å². The van der Waals surface area contributed by atoms with Crippen molar-refractivity contribution in [3.63, 3.8) is 0 Å². The highest BCUT2D eigenvalue weighted by atomic mass is 35.5. The Kier molecular flexibility index (Phi) is 8.31. The average Bonchev–Trinajstić information content (AvgIpc) is 3.24. The van der Waals surface area contributed by atoms with Gasteiger partial charge in [-0.15, -0.1) is 23.7 Å². The minimum atomic E-state index is -4.19. The van der Waals surface area contributed by atoms with Crippen LogP contribution in [0.5, 0.6) is 0 Å². The molecule has 0 radical (unpaired) electrons. The highest BCUT2D eigenvalue weighted by Crippen LogP contribution is 2.36. The van der Waals surface area contributed by atoms with Gasteiger partial charge in [0, 0.05) is 42.1 Å². The highest BCUT2D eigenvalue weighted by Gasteiger charge is 2.24. The van der Waals surface area contributed by atoms with Crippen molar-refractivity contribution in [2.45, 2.75) is 17.9 Å². The summed E-state index contributed by atoms with van der Waals surface area (Å²) < 4.78 is 42.2. The summed E-state index contributed by atoms with van der Waals surface area (Å²) in [6.07, 6.45) is 0. The molecule has 0 aliphatic carbocycles. The van der Waals surface area contributed by atoms with Crippen molar-refractivity contribution in [1.29, 1.82) is 0 Å². The monoisotopic (exact) mass is 551 g/mol. The maximum Gasteiger partial charge on any atom is 0.266 e. The lowest BCUT2D eigenvalue weighted by Gasteiger charge is -2.35. The largest absolute Gasteiger partial charge is 0.367 e. The number of hydrogen-bond donors (Lipinski definition) is 3. The molecule has 1 saturated heterocycles. The van der Waals surface area contributed by atoms with Gasteiger partial charge in [0.05, 0.1) is 27.6 Å². The number of piperazine rings is 1. The second-order valence-corrected chi connectivity index (χ2v) is 10.5. The maximum absolute atomic E-state index is 14.9. The number of nitrogens with one attached hydrogen (secondary N) is 3. The van der Waals surface area contributed by atoms with Crippen LogP contribution in [0.4, 0.5) is 27.3 Å². The van der Waals surface area contributed by atoms with Gasteiger partial charge in [0.15, 0.2) is 5.82 Å². The van der Waals surface area contributed by atoms with Gasteiger partial charge < -0.3 is 15.5 Å². The van der Waals surface area contributed by atoms with E-state index in [2.05, 4.69) is 32.2 Å². The fourth-order valence-electron chi connectivity index (χ4n) is 3.45. The summed E-state index contributed by atoms with van der Waals surface area (Å²) in [6, 6.07) is 7.79. The first kappa shape index (κ1) is 25.8. The van der Waals surface area contributed by atoms with E-state index < -0.39 is 20.7 Å². The summed E-state index contributed by atoms with van der Waals surface area (Å²) >= 11 is 13.8. The SMILES string of the molecule is C[C@H]1CN(c2cc(Cl)ccc2Nc2cc(F)c(S(=O)(=O)Nc3cscn3)cc2Cl)CCN1.Cl. The van der Waals surface area contributed by atoms with E-state index in [1.54, 1.807) is 12.1 Å². The second kappa shape index (κ2) is 10.6. The summed E-state index contributed by atoms with van der Waals surface area (Å²) in [7, 11) is -4.19. The number of benzene rings is 2. The van der Waals surface area contributed by atoms with Gasteiger partial charge in [0.1, 0.15) is 10.7 Å². The Morgan fingerprint density at radius 1 is 1.24 bits per heavy atom. The zero-order valence-corrected chi connectivity index (χ0v) is 21.3. The number of hydrogen-bond acceptors (Lipinski definition) is 7. The van der Waals surface area contributed by atoms with E-state index in [-0.39, 0.29) is 28.9 Å². The molecule has 1 atom stereocenters. The first-order chi connectivity index (χ1) is 15.2. The van der Waals surface area contributed by atoms with E-state index >= 15 is 0 Å². The molecule has 1 aromatic heterocycles. The van der Waals surface area contributed by atoms with Crippen molar-refractivity contribution in [2.75, 3.05) is 34.6 Å². The highest BCUT2D eigenvalue weighted by molar-refractivity contribution is 7.92. The fourth-order valence-corrected chi connectivity index (χ4v) is 5.54. The van der Waals surface area contributed by atoms with E-state index in [0.717, 1.165) is 37.5 Å². The summed E-state index contributed by atoms with van der Waals surface area (Å²) in [5.41, 5.74) is 3.24. The molecule has 3 N–H and O–H groups in total. The van der Waals surface area contributed by atoms with Crippen LogP contribution >= 0.6 is 46.9 Å². The third kappa shape index (κ3) is 6.00. The normalized spacial score (nSPS) is 16.2. The van der Waals surface area contributed by atoms with Crippen LogP contribution in [0.15, 0.2) is 46.1 Å². The number of anilines is 4. The number of sulfonamides is 1. The van der Waals surface area contributed by atoms with E-state index in [0.29, 0.717) is 16.8 Å². The van der Waals surface area contributed by atoms with E-state index in [4.69, 9.17) is 23.2 Å². The molecule has 3 aromatic rings. The minimum absolute atomic E-state index is 0. The fraction of sp³-hybridized carbons (Fsp3) is 0.250. The third-order valence-electron chi connectivity index (χ3n) is 4.92. The Labute approximate surface area is 211 Å². The van der Waals surface area contributed by atoms with Crippen molar-refractivity contribution in [3.8, 4) is 0 Å². The standard InChI is InChI=1S/C20H20Cl2FN5O2S2.ClH/c1-12-9-28(5-4-24-12)18-6-13(21)2-3-16(18)26-17-8-15(23)19(7-14(17)22)32(29,30)27-20-10-31-11-25-20;/h2-3,6-8,10-12,24,26-27H,4-5,9H2,1H3;1H/t12-;/m0./s1. The maximum atomic E-state index is 14.9. The van der Waals surface area contributed by atoms with Crippen LogP contribution < -0.4 is 20.3 Å². The lowest BCUT2D eigenvalue weighted by atomic mass is 10.1. The van der Waals surface area contributed by atoms with Gasteiger partial charge in [-0.05, 0) is 31.2 Å². The molecule has 2 heterocycles.